The molecule has 1 amide bonds. The Kier molecular flexibility index (Phi) is 6.29. The molecule has 1 aromatic rings. The Bertz CT molecular complexity index is 730. The van der Waals surface area contributed by atoms with Crippen LogP contribution in [0.1, 0.15) is 31.2 Å². The summed E-state index contributed by atoms with van der Waals surface area (Å²) in [4.78, 5) is 14.5. The molecule has 144 valence electrons. The van der Waals surface area contributed by atoms with E-state index in [2.05, 4.69) is 10.2 Å². The van der Waals surface area contributed by atoms with Gasteiger partial charge in [-0.1, -0.05) is 18.2 Å². The Hall–Kier alpha value is -1.47. The molecule has 3 rings (SSSR count). The summed E-state index contributed by atoms with van der Waals surface area (Å²) in [6, 6.07) is 6.85. The van der Waals surface area contributed by atoms with E-state index in [9.17, 15) is 17.6 Å². The van der Waals surface area contributed by atoms with Gasteiger partial charge in [-0.25, -0.2) is 12.8 Å². The molecule has 2 saturated heterocycles. The van der Waals surface area contributed by atoms with Gasteiger partial charge in [0.25, 0.3) is 0 Å². The largest absolute Gasteiger partial charge is 0.356 e. The van der Waals surface area contributed by atoms with E-state index in [4.69, 9.17) is 0 Å². The van der Waals surface area contributed by atoms with Crippen LogP contribution < -0.4 is 5.32 Å². The first kappa shape index (κ1) is 19.3. The summed E-state index contributed by atoms with van der Waals surface area (Å²) in [5, 5.41) is 2.96. The summed E-state index contributed by atoms with van der Waals surface area (Å²) in [5.41, 5.74) is 0.682. The minimum Gasteiger partial charge on any atom is -0.356 e. The predicted molar refractivity (Wildman–Crippen MR) is 99.1 cm³/mol. The molecule has 0 saturated carbocycles. The second kappa shape index (κ2) is 8.48. The van der Waals surface area contributed by atoms with Crippen molar-refractivity contribution < 1.29 is 17.6 Å². The van der Waals surface area contributed by atoms with E-state index in [0.717, 1.165) is 32.4 Å². The number of hydrogen-bond donors (Lipinski definition) is 1. The lowest BCUT2D eigenvalue weighted by molar-refractivity contribution is -0.126. The van der Waals surface area contributed by atoms with E-state index >= 15 is 0 Å². The van der Waals surface area contributed by atoms with Gasteiger partial charge < -0.3 is 5.32 Å². The average molecular weight is 383 g/mol. The van der Waals surface area contributed by atoms with Crippen molar-refractivity contribution >= 4 is 15.7 Å². The lowest BCUT2D eigenvalue weighted by atomic mass is 9.94. The number of nitrogens with one attached hydrogen (secondary N) is 1. The topological polar surface area (TPSA) is 66.5 Å². The van der Waals surface area contributed by atoms with Gasteiger partial charge >= 0.3 is 0 Å². The van der Waals surface area contributed by atoms with E-state index in [-0.39, 0.29) is 29.4 Å². The Morgan fingerprint density at radius 3 is 2.58 bits per heavy atom. The van der Waals surface area contributed by atoms with Crippen molar-refractivity contribution in [3.8, 4) is 0 Å². The molecule has 1 aromatic carbocycles. The third-order valence-electron chi connectivity index (χ3n) is 5.51. The van der Waals surface area contributed by atoms with Crippen LogP contribution in [0, 0.1) is 11.7 Å². The molecule has 7 heteroatoms. The molecule has 2 fully saturated rings. The summed E-state index contributed by atoms with van der Waals surface area (Å²) in [7, 11) is -2.86. The first-order valence-electron chi connectivity index (χ1n) is 9.40. The SMILES string of the molecule is O=C(NCCCc1ccccc1F)C1CCN(C2CCS(=O)(=O)C2)CC1. The molecule has 1 atom stereocenters. The van der Waals surface area contributed by atoms with Crippen molar-refractivity contribution in [2.75, 3.05) is 31.1 Å². The van der Waals surface area contributed by atoms with E-state index < -0.39 is 9.84 Å². The third kappa shape index (κ3) is 5.04. The van der Waals surface area contributed by atoms with E-state index in [1.54, 1.807) is 12.1 Å². The molecule has 26 heavy (non-hydrogen) atoms. The number of carbonyl (C=O) groups excluding carboxylic acids is 1. The molecule has 2 aliphatic rings. The fourth-order valence-corrected chi connectivity index (χ4v) is 5.69. The molecule has 1 N–H and O–H groups in total. The van der Waals surface area contributed by atoms with Gasteiger partial charge in [0.2, 0.25) is 5.91 Å². The molecule has 0 spiro atoms. The van der Waals surface area contributed by atoms with Crippen molar-refractivity contribution in [1.82, 2.24) is 10.2 Å². The second-order valence-electron chi connectivity index (χ2n) is 7.35. The number of halogens is 1. The first-order chi connectivity index (χ1) is 12.4. The summed E-state index contributed by atoms with van der Waals surface area (Å²) in [5.74, 6) is 0.426. The van der Waals surface area contributed by atoms with Gasteiger partial charge in [0, 0.05) is 18.5 Å². The van der Waals surface area contributed by atoms with E-state index in [0.29, 0.717) is 30.7 Å². The van der Waals surface area contributed by atoms with Crippen molar-refractivity contribution in [3.63, 3.8) is 0 Å². The van der Waals surface area contributed by atoms with Gasteiger partial charge in [-0.3, -0.25) is 9.69 Å². The molecule has 0 aliphatic carbocycles. The zero-order chi connectivity index (χ0) is 18.6. The van der Waals surface area contributed by atoms with Gasteiger partial charge in [0.1, 0.15) is 5.82 Å². The van der Waals surface area contributed by atoms with Gasteiger partial charge in [0.15, 0.2) is 9.84 Å². The predicted octanol–water partition coefficient (Wildman–Crippen LogP) is 1.77. The minimum absolute atomic E-state index is 0.00211. The number of amides is 1. The van der Waals surface area contributed by atoms with Crippen LogP contribution in [0.5, 0.6) is 0 Å². The standard InChI is InChI=1S/C19H27FN2O3S/c20-18-6-2-1-4-15(18)5-3-10-21-19(23)16-7-11-22(12-8-16)17-9-13-26(24,25)14-17/h1-2,4,6,16-17H,3,5,7-14H2,(H,21,23). The fourth-order valence-electron chi connectivity index (χ4n) is 3.93. The zero-order valence-corrected chi connectivity index (χ0v) is 15.8. The van der Waals surface area contributed by atoms with Crippen molar-refractivity contribution in [1.29, 1.82) is 0 Å². The Morgan fingerprint density at radius 1 is 1.19 bits per heavy atom. The number of rotatable bonds is 6. The number of nitrogens with zero attached hydrogens (tertiary/aromatic N) is 1. The van der Waals surface area contributed by atoms with Crippen molar-refractivity contribution in [2.24, 2.45) is 5.92 Å². The molecular formula is C19H27FN2O3S. The molecule has 2 aliphatic heterocycles. The van der Waals surface area contributed by atoms with Crippen LogP contribution >= 0.6 is 0 Å². The number of likely N-dealkylation sites (tertiary alicyclic amines) is 1. The highest BCUT2D eigenvalue weighted by molar-refractivity contribution is 7.91. The lowest BCUT2D eigenvalue weighted by Crippen LogP contribution is -2.45. The maximum Gasteiger partial charge on any atom is 0.223 e. The first-order valence-corrected chi connectivity index (χ1v) is 11.2. The lowest BCUT2D eigenvalue weighted by Gasteiger charge is -2.34. The maximum absolute atomic E-state index is 13.5. The quantitative estimate of drug-likeness (QED) is 0.762. The molecule has 0 aromatic heterocycles. The van der Waals surface area contributed by atoms with Crippen LogP contribution in [-0.2, 0) is 21.1 Å². The van der Waals surface area contributed by atoms with Gasteiger partial charge in [-0.05, 0) is 56.8 Å². The smallest absolute Gasteiger partial charge is 0.223 e. The Balaban J connectivity index is 1.35. The Labute approximate surface area is 154 Å². The monoisotopic (exact) mass is 382 g/mol. The molecule has 0 radical (unpaired) electrons. The van der Waals surface area contributed by atoms with Gasteiger partial charge in [-0.2, -0.15) is 0 Å². The number of piperidine rings is 1. The highest BCUT2D eigenvalue weighted by Gasteiger charge is 2.35. The van der Waals surface area contributed by atoms with Crippen LogP contribution in [0.25, 0.3) is 0 Å². The number of carbonyl (C=O) groups is 1. The highest BCUT2D eigenvalue weighted by atomic mass is 32.2. The summed E-state index contributed by atoms with van der Waals surface area (Å²) in [6.45, 7) is 2.12. The van der Waals surface area contributed by atoms with E-state index in [1.165, 1.54) is 6.07 Å². The molecular weight excluding hydrogens is 355 g/mol. The van der Waals surface area contributed by atoms with Crippen LogP contribution in [0.3, 0.4) is 0 Å². The normalized spacial score (nSPS) is 23.8. The maximum atomic E-state index is 13.5. The van der Waals surface area contributed by atoms with Crippen LogP contribution in [0.15, 0.2) is 24.3 Å². The molecule has 0 bridgehead atoms. The average Bonchev–Trinajstić information content (AvgIpc) is 3.00. The fraction of sp³-hybridized carbons (Fsp3) is 0.632. The van der Waals surface area contributed by atoms with Crippen molar-refractivity contribution in [2.45, 2.75) is 38.1 Å². The summed E-state index contributed by atoms with van der Waals surface area (Å²) in [6.07, 6.45) is 3.59. The third-order valence-corrected chi connectivity index (χ3v) is 7.26. The molecule has 1 unspecified atom stereocenters. The number of aryl methyl sites for hydroxylation is 1. The second-order valence-corrected chi connectivity index (χ2v) is 9.58. The van der Waals surface area contributed by atoms with Gasteiger partial charge in [0.05, 0.1) is 11.5 Å². The van der Waals surface area contributed by atoms with Gasteiger partial charge in [-0.15, -0.1) is 0 Å². The number of sulfone groups is 1. The molecule has 5 nitrogen and oxygen atoms in total. The zero-order valence-electron chi connectivity index (χ0n) is 15.0. The Morgan fingerprint density at radius 2 is 1.92 bits per heavy atom. The van der Waals surface area contributed by atoms with Crippen LogP contribution in [0.4, 0.5) is 4.39 Å². The van der Waals surface area contributed by atoms with E-state index in [1.807, 2.05) is 6.07 Å². The number of hydrogen-bond acceptors (Lipinski definition) is 4. The summed E-state index contributed by atoms with van der Waals surface area (Å²) >= 11 is 0. The summed E-state index contributed by atoms with van der Waals surface area (Å²) < 4.78 is 36.8. The molecule has 2 heterocycles. The minimum atomic E-state index is -2.86. The number of benzene rings is 1. The van der Waals surface area contributed by atoms with Crippen molar-refractivity contribution in [3.05, 3.63) is 35.6 Å². The van der Waals surface area contributed by atoms with Crippen LogP contribution in [0.2, 0.25) is 0 Å². The van der Waals surface area contributed by atoms with Crippen LogP contribution in [-0.4, -0.2) is 56.4 Å². The highest BCUT2D eigenvalue weighted by Crippen LogP contribution is 2.24.